The molecular weight excluding hydrogens is 395 g/mol. The molecular formula is C23H31FN6O. The van der Waals surface area contributed by atoms with Crippen LogP contribution in [0, 0.1) is 16.6 Å². The topological polar surface area (TPSA) is 103 Å². The van der Waals surface area contributed by atoms with Crippen LogP contribution in [0.1, 0.15) is 20.3 Å². The molecule has 0 aliphatic heterocycles. The Hall–Kier alpha value is -3.26. The van der Waals surface area contributed by atoms with Gasteiger partial charge >= 0.3 is 0 Å². The second-order valence-corrected chi connectivity index (χ2v) is 7.57. The van der Waals surface area contributed by atoms with E-state index in [4.69, 9.17) is 21.3 Å². The van der Waals surface area contributed by atoms with Crippen molar-refractivity contribution in [3.05, 3.63) is 59.1 Å². The number of ether oxygens (including phenoxy) is 1. The maximum Gasteiger partial charge on any atom is 0.130 e. The first-order chi connectivity index (χ1) is 14.6. The lowest BCUT2D eigenvalue weighted by Gasteiger charge is -2.17. The Morgan fingerprint density at radius 3 is 2.55 bits per heavy atom. The Kier molecular flexibility index (Phi) is 8.27. The Balaban J connectivity index is 2.35. The standard InChI is InChI=1S/C23H31FN6O/c1-15(25)19(16(2)28-3)10-11-31-21-12-18(24)7-8-20(21)17-6-9-22(26)30(13-17)23(27)14-29(4)5/h6-9,12-13,26-27H,10-11,14,25H2,1-5H3. The summed E-state index contributed by atoms with van der Waals surface area (Å²) in [5, 5.41) is 16.4. The van der Waals surface area contributed by atoms with Crippen LogP contribution in [0.15, 0.2) is 52.8 Å². The summed E-state index contributed by atoms with van der Waals surface area (Å²) in [6.45, 7) is 4.41. The number of hydrogen-bond donors (Lipinski definition) is 3. The fraction of sp³-hybridized carbons (Fsp3) is 0.348. The highest BCUT2D eigenvalue weighted by molar-refractivity contribution is 5.98. The molecule has 1 aromatic carbocycles. The fourth-order valence-electron chi connectivity index (χ4n) is 3.17. The first kappa shape index (κ1) is 24.0. The van der Waals surface area contributed by atoms with Crippen LogP contribution >= 0.6 is 0 Å². The summed E-state index contributed by atoms with van der Waals surface area (Å²) in [7, 11) is 5.44. The zero-order valence-corrected chi connectivity index (χ0v) is 18.8. The first-order valence-electron chi connectivity index (χ1n) is 9.95. The van der Waals surface area contributed by atoms with E-state index < -0.39 is 5.82 Å². The molecule has 166 valence electrons. The number of benzene rings is 1. The normalized spacial score (nSPS) is 12.7. The third-order valence-electron chi connectivity index (χ3n) is 4.82. The summed E-state index contributed by atoms with van der Waals surface area (Å²) in [5.74, 6) is 0.258. The van der Waals surface area contributed by atoms with Crippen LogP contribution in [0.2, 0.25) is 0 Å². The summed E-state index contributed by atoms with van der Waals surface area (Å²) in [6, 6.07) is 7.75. The minimum Gasteiger partial charge on any atom is -0.492 e. The van der Waals surface area contributed by atoms with E-state index >= 15 is 0 Å². The van der Waals surface area contributed by atoms with Crippen molar-refractivity contribution in [1.82, 2.24) is 9.47 Å². The van der Waals surface area contributed by atoms with Gasteiger partial charge in [0.25, 0.3) is 0 Å². The summed E-state index contributed by atoms with van der Waals surface area (Å²) >= 11 is 0. The molecule has 2 aromatic rings. The first-order valence-corrected chi connectivity index (χ1v) is 9.95. The molecule has 0 fully saturated rings. The van der Waals surface area contributed by atoms with Crippen LogP contribution in [0.5, 0.6) is 5.75 Å². The number of allylic oxidation sites excluding steroid dienone is 1. The highest BCUT2D eigenvalue weighted by Gasteiger charge is 2.12. The maximum absolute atomic E-state index is 14.0. The number of nitrogens with one attached hydrogen (secondary N) is 2. The molecule has 31 heavy (non-hydrogen) atoms. The molecule has 0 aliphatic carbocycles. The molecule has 0 saturated heterocycles. The van der Waals surface area contributed by atoms with Crippen molar-refractivity contribution in [2.75, 3.05) is 34.3 Å². The van der Waals surface area contributed by atoms with Gasteiger partial charge in [-0.3, -0.25) is 20.4 Å². The number of nitrogens with two attached hydrogens (primary N) is 1. The van der Waals surface area contributed by atoms with Gasteiger partial charge < -0.3 is 15.4 Å². The maximum atomic E-state index is 14.0. The smallest absolute Gasteiger partial charge is 0.130 e. The van der Waals surface area contributed by atoms with Crippen LogP contribution in [-0.4, -0.2) is 55.3 Å². The second-order valence-electron chi connectivity index (χ2n) is 7.57. The molecule has 1 aromatic heterocycles. The molecule has 8 heteroatoms. The zero-order valence-electron chi connectivity index (χ0n) is 18.8. The predicted molar refractivity (Wildman–Crippen MR) is 123 cm³/mol. The monoisotopic (exact) mass is 426 g/mol. The molecule has 0 saturated carbocycles. The molecule has 0 amide bonds. The summed E-state index contributed by atoms with van der Waals surface area (Å²) in [6.07, 6.45) is 2.25. The van der Waals surface area contributed by atoms with Gasteiger partial charge in [0.1, 0.15) is 22.9 Å². The number of halogens is 1. The van der Waals surface area contributed by atoms with Gasteiger partial charge in [0.15, 0.2) is 0 Å². The van der Waals surface area contributed by atoms with Crippen molar-refractivity contribution in [3.8, 4) is 16.9 Å². The van der Waals surface area contributed by atoms with Crippen molar-refractivity contribution >= 4 is 11.5 Å². The van der Waals surface area contributed by atoms with Crippen molar-refractivity contribution in [1.29, 1.82) is 10.8 Å². The van der Waals surface area contributed by atoms with Crippen LogP contribution in [0.4, 0.5) is 4.39 Å². The van der Waals surface area contributed by atoms with Gasteiger partial charge in [-0.15, -0.1) is 0 Å². The number of aliphatic imine (C=N–C) groups is 1. The molecule has 1 heterocycles. The fourth-order valence-corrected chi connectivity index (χ4v) is 3.17. The van der Waals surface area contributed by atoms with E-state index in [0.29, 0.717) is 36.6 Å². The lowest BCUT2D eigenvalue weighted by molar-refractivity contribution is 0.322. The van der Waals surface area contributed by atoms with Crippen LogP contribution in [0.25, 0.3) is 11.1 Å². The van der Waals surface area contributed by atoms with E-state index in [9.17, 15) is 4.39 Å². The minimum atomic E-state index is -0.402. The van der Waals surface area contributed by atoms with Crippen LogP contribution < -0.4 is 16.0 Å². The van der Waals surface area contributed by atoms with Gasteiger partial charge in [-0.1, -0.05) is 0 Å². The summed E-state index contributed by atoms with van der Waals surface area (Å²) in [5.41, 5.74) is 10.0. The molecule has 0 unspecified atom stereocenters. The number of hydrogen-bond acceptors (Lipinski definition) is 6. The molecule has 2 rings (SSSR count). The molecule has 4 N–H and O–H groups in total. The number of pyridine rings is 1. The molecule has 7 nitrogen and oxygen atoms in total. The highest BCUT2D eigenvalue weighted by Crippen LogP contribution is 2.30. The van der Waals surface area contributed by atoms with Gasteiger partial charge in [0.05, 0.1) is 13.2 Å². The third kappa shape index (κ3) is 6.36. The van der Waals surface area contributed by atoms with Crippen molar-refractivity contribution in [2.24, 2.45) is 10.7 Å². The zero-order chi connectivity index (χ0) is 23.1. The molecule has 0 radical (unpaired) electrons. The predicted octanol–water partition coefficient (Wildman–Crippen LogP) is 3.25. The molecule has 0 bridgehead atoms. The van der Waals surface area contributed by atoms with E-state index in [0.717, 1.165) is 16.8 Å². The number of rotatable bonds is 8. The lowest BCUT2D eigenvalue weighted by Crippen LogP contribution is -2.33. The van der Waals surface area contributed by atoms with Crippen molar-refractivity contribution in [2.45, 2.75) is 20.3 Å². The van der Waals surface area contributed by atoms with E-state index in [1.807, 2.05) is 32.8 Å². The van der Waals surface area contributed by atoms with Gasteiger partial charge in [0.2, 0.25) is 0 Å². The molecule has 0 aliphatic rings. The van der Waals surface area contributed by atoms with E-state index in [1.54, 1.807) is 31.4 Å². The number of nitrogens with zero attached hydrogens (tertiary/aromatic N) is 3. The molecule has 0 atom stereocenters. The quantitative estimate of drug-likeness (QED) is 0.446. The van der Waals surface area contributed by atoms with Crippen LogP contribution in [0.3, 0.4) is 0 Å². The summed E-state index contributed by atoms with van der Waals surface area (Å²) < 4.78 is 21.4. The number of aromatic nitrogens is 1. The van der Waals surface area contributed by atoms with E-state index in [1.165, 1.54) is 16.7 Å². The highest BCUT2D eigenvalue weighted by atomic mass is 19.1. The lowest BCUT2D eigenvalue weighted by atomic mass is 10.1. The van der Waals surface area contributed by atoms with Crippen molar-refractivity contribution < 1.29 is 9.13 Å². The van der Waals surface area contributed by atoms with Gasteiger partial charge in [-0.05, 0) is 57.8 Å². The Morgan fingerprint density at radius 1 is 1.23 bits per heavy atom. The Bertz CT molecular complexity index is 1060. The average Bonchev–Trinajstić information content (AvgIpc) is 2.70. The Morgan fingerprint density at radius 2 is 1.94 bits per heavy atom. The van der Waals surface area contributed by atoms with Crippen molar-refractivity contribution in [3.63, 3.8) is 0 Å². The van der Waals surface area contributed by atoms with Crippen LogP contribution in [-0.2, 0) is 0 Å². The van der Waals surface area contributed by atoms with E-state index in [2.05, 4.69) is 4.99 Å². The average molecular weight is 427 g/mol. The van der Waals surface area contributed by atoms with Gasteiger partial charge in [0, 0.05) is 48.3 Å². The number of likely N-dealkylation sites (N-methyl/N-ethyl adjacent to an activating group) is 1. The van der Waals surface area contributed by atoms with E-state index in [-0.39, 0.29) is 11.3 Å². The third-order valence-corrected chi connectivity index (χ3v) is 4.82. The summed E-state index contributed by atoms with van der Waals surface area (Å²) in [4.78, 5) is 6.05. The Labute approximate surface area is 182 Å². The largest absolute Gasteiger partial charge is 0.492 e. The minimum absolute atomic E-state index is 0.197. The SMILES string of the molecule is CN=C(C)C(CCOc1cc(F)ccc1-c1ccc(=N)n(C(=N)CN(C)C)c1)=C(C)N. The van der Waals surface area contributed by atoms with Gasteiger partial charge in [-0.25, -0.2) is 4.39 Å². The molecule has 0 spiro atoms. The second kappa shape index (κ2) is 10.7. The van der Waals surface area contributed by atoms with Gasteiger partial charge in [-0.2, -0.15) is 0 Å².